The van der Waals surface area contributed by atoms with Crippen molar-refractivity contribution in [2.45, 2.75) is 39.2 Å². The monoisotopic (exact) mass is 677 g/mol. The van der Waals surface area contributed by atoms with E-state index in [1.165, 1.54) is 5.57 Å². The van der Waals surface area contributed by atoms with E-state index in [0.717, 1.165) is 17.5 Å². The Hall–Kier alpha value is -5.43. The van der Waals surface area contributed by atoms with Gasteiger partial charge in [0.05, 0.1) is 36.5 Å². The molecule has 0 saturated carbocycles. The zero-order valence-electron chi connectivity index (χ0n) is 28.9. The number of ether oxygens (including phenoxy) is 1. The van der Waals surface area contributed by atoms with Crippen molar-refractivity contribution in [2.75, 3.05) is 56.9 Å². The summed E-state index contributed by atoms with van der Waals surface area (Å²) in [5.74, 6) is 1.46. The van der Waals surface area contributed by atoms with E-state index < -0.39 is 5.41 Å². The highest BCUT2D eigenvalue weighted by atomic mass is 16.5. The van der Waals surface area contributed by atoms with Gasteiger partial charge in [0, 0.05) is 49.6 Å². The van der Waals surface area contributed by atoms with Crippen LogP contribution < -0.4 is 26.1 Å². The maximum Gasteiger partial charge on any atom is 0.281 e. The van der Waals surface area contributed by atoms with Crippen LogP contribution in [0.1, 0.15) is 55.5 Å². The Morgan fingerprint density at radius 3 is 2.54 bits per heavy atom. The number of nitrogen functional groups attached to an aromatic ring is 1. The van der Waals surface area contributed by atoms with Crippen molar-refractivity contribution in [3.63, 3.8) is 0 Å². The van der Waals surface area contributed by atoms with Crippen LogP contribution in [0.4, 0.5) is 11.5 Å². The lowest BCUT2D eigenvalue weighted by Crippen LogP contribution is -2.62. The van der Waals surface area contributed by atoms with Crippen molar-refractivity contribution in [3.05, 3.63) is 83.2 Å². The molecule has 1 spiro atoms. The van der Waals surface area contributed by atoms with Crippen LogP contribution in [0.5, 0.6) is 5.88 Å². The number of hydrogen-bond acceptors (Lipinski definition) is 8. The molecule has 0 unspecified atom stereocenters. The molecule has 50 heavy (non-hydrogen) atoms. The fourth-order valence-electron chi connectivity index (χ4n) is 6.81. The number of anilines is 2. The minimum absolute atomic E-state index is 0.00353. The van der Waals surface area contributed by atoms with E-state index >= 15 is 0 Å². The summed E-state index contributed by atoms with van der Waals surface area (Å²) >= 11 is 0. The van der Waals surface area contributed by atoms with Crippen molar-refractivity contribution < 1.29 is 19.3 Å². The normalized spacial score (nSPS) is 20.0. The summed E-state index contributed by atoms with van der Waals surface area (Å²) in [5, 5.41) is 8.79. The highest BCUT2D eigenvalue weighted by molar-refractivity contribution is 6.13. The first-order chi connectivity index (χ1) is 24.1. The topological polar surface area (TPSA) is 181 Å². The molecule has 1 aromatic carbocycles. The predicted octanol–water partition coefficient (Wildman–Crippen LogP) is 1.45. The van der Waals surface area contributed by atoms with Gasteiger partial charge in [0.1, 0.15) is 11.5 Å². The molecule has 2 fully saturated rings. The Labute approximate surface area is 292 Å². The number of rotatable bonds is 10. The number of nitrogens with one attached hydrogen (secondary N) is 2. The number of carbonyl (C=O) groups is 2. The summed E-state index contributed by atoms with van der Waals surface area (Å²) in [6, 6.07) is 14.9. The molecule has 2 aromatic heterocycles. The summed E-state index contributed by atoms with van der Waals surface area (Å²) in [4.78, 5) is 49.0. The Kier molecular flexibility index (Phi) is 10.0. The summed E-state index contributed by atoms with van der Waals surface area (Å²) in [6.45, 7) is 7.05. The van der Waals surface area contributed by atoms with E-state index in [4.69, 9.17) is 21.6 Å². The fourth-order valence-corrected chi connectivity index (χ4v) is 6.81. The zero-order chi connectivity index (χ0) is 35.4. The number of amidine groups is 1. The van der Waals surface area contributed by atoms with E-state index in [2.05, 4.69) is 30.9 Å². The third kappa shape index (κ3) is 7.27. The van der Waals surface area contributed by atoms with Gasteiger partial charge in [-0.25, -0.2) is 9.97 Å². The first-order valence-electron chi connectivity index (χ1n) is 17.0. The van der Waals surface area contributed by atoms with E-state index in [9.17, 15) is 9.59 Å². The molecule has 2 saturated heterocycles. The highest BCUT2D eigenvalue weighted by Gasteiger charge is 2.51. The van der Waals surface area contributed by atoms with Gasteiger partial charge in [-0.1, -0.05) is 18.2 Å². The molecule has 3 aliphatic heterocycles. The standard InChI is InChI=1S/C37H44N10O3/c1-24(2)50-31-11-8-28(20-42-31)33(39)34-29(38)9-10-30(44-34)47-19-15-37(36(47)49)14-18-45(22-37)21-32(48)46-16-12-26(13-17-46)25-4-6-27(7-5-25)35(40)43-23-41-3/h4-12,20,23-24,39H,13-19,21-22,38H2,1-3H3,(H2,40,41,43)/p+1/t37-/m0/s1. The molecule has 2 amide bonds. The molecule has 0 radical (unpaired) electrons. The molecule has 6 rings (SSSR count). The van der Waals surface area contributed by atoms with Gasteiger partial charge in [0.15, 0.2) is 0 Å². The van der Waals surface area contributed by atoms with Crippen LogP contribution in [0.3, 0.4) is 0 Å². The Morgan fingerprint density at radius 2 is 1.86 bits per heavy atom. The molecular formula is C37H45N10O3+. The summed E-state index contributed by atoms with van der Waals surface area (Å²) in [6.07, 6.45) is 7.35. The van der Waals surface area contributed by atoms with Gasteiger partial charge in [-0.3, -0.25) is 29.8 Å². The highest BCUT2D eigenvalue weighted by Crippen LogP contribution is 2.42. The lowest BCUT2D eigenvalue weighted by molar-refractivity contribution is -0.414. The lowest BCUT2D eigenvalue weighted by Gasteiger charge is -2.29. The summed E-state index contributed by atoms with van der Waals surface area (Å²) in [7, 11) is 1.77. The predicted molar refractivity (Wildman–Crippen MR) is 194 cm³/mol. The van der Waals surface area contributed by atoms with Gasteiger partial charge in [0.2, 0.25) is 23.5 Å². The van der Waals surface area contributed by atoms with Crippen LogP contribution in [0, 0.1) is 10.8 Å². The number of hydrogen-bond donors (Lipinski definition) is 4. The van der Waals surface area contributed by atoms with Crippen molar-refractivity contribution in [1.82, 2.24) is 19.8 Å². The van der Waals surface area contributed by atoms with Crippen molar-refractivity contribution in [1.29, 1.82) is 5.41 Å². The quantitative estimate of drug-likeness (QED) is 0.184. The smallest absolute Gasteiger partial charge is 0.281 e. The number of pyridine rings is 2. The number of likely N-dealkylation sites (tertiary alicyclic amines) is 1. The minimum Gasteiger partial charge on any atom is -0.475 e. The molecule has 1 atom stereocenters. The molecule has 0 aliphatic carbocycles. The number of nitrogens with two attached hydrogens (primary N) is 2. The van der Waals surface area contributed by atoms with Crippen molar-refractivity contribution in [3.8, 4) is 5.88 Å². The zero-order valence-corrected chi connectivity index (χ0v) is 28.9. The van der Waals surface area contributed by atoms with Gasteiger partial charge < -0.3 is 21.1 Å². The number of amides is 2. The second-order valence-electron chi connectivity index (χ2n) is 13.3. The van der Waals surface area contributed by atoms with Crippen molar-refractivity contribution in [2.24, 2.45) is 16.1 Å². The Balaban J connectivity index is 1.05. The maximum absolute atomic E-state index is 13.9. The first-order valence-corrected chi connectivity index (χ1v) is 17.0. The second kappa shape index (κ2) is 14.6. The average molecular weight is 678 g/mol. The molecule has 3 aromatic rings. The average Bonchev–Trinajstić information content (AvgIpc) is 3.68. The maximum atomic E-state index is 13.9. The van der Waals surface area contributed by atoms with E-state index in [0.29, 0.717) is 80.0 Å². The van der Waals surface area contributed by atoms with E-state index in [1.807, 2.05) is 43.0 Å². The minimum atomic E-state index is -0.562. The van der Waals surface area contributed by atoms with Gasteiger partial charge in [0.25, 0.3) is 6.34 Å². The van der Waals surface area contributed by atoms with Gasteiger partial charge in [-0.15, -0.1) is 0 Å². The largest absolute Gasteiger partial charge is 0.475 e. The number of nitrogens with zero attached hydrogens (tertiary/aromatic N) is 6. The van der Waals surface area contributed by atoms with Gasteiger partial charge in [-0.05, 0) is 86.1 Å². The first kappa shape index (κ1) is 34.4. The van der Waals surface area contributed by atoms with Crippen LogP contribution in [0.25, 0.3) is 5.57 Å². The molecule has 6 N–H and O–H groups in total. The van der Waals surface area contributed by atoms with Gasteiger partial charge >= 0.3 is 0 Å². The van der Waals surface area contributed by atoms with Crippen LogP contribution in [0.2, 0.25) is 0 Å². The van der Waals surface area contributed by atoms with E-state index in [1.54, 1.807) is 48.7 Å². The Bertz CT molecular complexity index is 1850. The molecule has 0 bridgehead atoms. The fraction of sp³-hybridized carbons (Fsp3) is 0.378. The molecule has 3 aliphatic rings. The number of aliphatic imine (C=N–C) groups is 1. The number of carbonyl (C=O) groups excluding carboxylic acids is 2. The second-order valence-corrected chi connectivity index (χ2v) is 13.3. The van der Waals surface area contributed by atoms with Crippen LogP contribution in [-0.4, -0.2) is 102 Å². The lowest BCUT2D eigenvalue weighted by atomic mass is 9.85. The summed E-state index contributed by atoms with van der Waals surface area (Å²) < 4.78 is 5.62. The van der Waals surface area contributed by atoms with E-state index in [-0.39, 0.29) is 30.2 Å². The molecule has 260 valence electrons. The molecule has 5 heterocycles. The molecular weight excluding hydrogens is 632 g/mol. The number of aromatic nitrogens is 2. The number of benzene rings is 1. The SMILES string of the molecule is C[NH+]=CN=C(N)c1ccc(C2=CCN(C(=O)CN3CC[C@]4(CCN(c5ccc(N)c(C(=N)c6ccc(OC(C)C)nc6)n5)C4=O)C3)CC2)cc1. The third-order valence-corrected chi connectivity index (χ3v) is 9.56. The Morgan fingerprint density at radius 1 is 1.10 bits per heavy atom. The van der Waals surface area contributed by atoms with Crippen LogP contribution in [0.15, 0.2) is 65.8 Å². The van der Waals surface area contributed by atoms with Crippen LogP contribution in [-0.2, 0) is 9.59 Å². The van der Waals surface area contributed by atoms with Gasteiger partial charge in [-0.2, -0.15) is 0 Å². The van der Waals surface area contributed by atoms with Crippen LogP contribution >= 0.6 is 0 Å². The molecule has 13 heteroatoms. The third-order valence-electron chi connectivity index (χ3n) is 9.56. The summed E-state index contributed by atoms with van der Waals surface area (Å²) in [5.41, 5.74) is 16.2. The molecule has 13 nitrogen and oxygen atoms in total. The van der Waals surface area contributed by atoms with Crippen molar-refractivity contribution >= 4 is 46.8 Å².